The van der Waals surface area contributed by atoms with Crippen LogP contribution in [0.2, 0.25) is 0 Å². The zero-order valence-corrected chi connectivity index (χ0v) is 13.2. The Morgan fingerprint density at radius 2 is 1.95 bits per heavy atom. The van der Waals surface area contributed by atoms with Crippen molar-refractivity contribution in [3.8, 4) is 0 Å². The number of nitrogens with zero attached hydrogens (tertiary/aromatic N) is 2. The maximum absolute atomic E-state index is 10.4. The SMILES string of the molecule is CCCCCCC(C)n1ccnc1C(O)C(C)(C)C. The molecule has 1 rings (SSSR count). The van der Waals surface area contributed by atoms with Crippen molar-refractivity contribution in [1.29, 1.82) is 0 Å². The molecule has 1 heterocycles. The summed E-state index contributed by atoms with van der Waals surface area (Å²) in [6, 6.07) is 0.409. The van der Waals surface area contributed by atoms with Gasteiger partial charge in [-0.2, -0.15) is 0 Å². The molecule has 0 aliphatic heterocycles. The number of aliphatic hydroxyl groups is 1. The van der Waals surface area contributed by atoms with Crippen molar-refractivity contribution in [1.82, 2.24) is 9.55 Å². The Labute approximate surface area is 118 Å². The number of imidazole rings is 1. The molecule has 0 spiro atoms. The van der Waals surface area contributed by atoms with Gasteiger partial charge in [-0.05, 0) is 18.8 Å². The first-order chi connectivity index (χ1) is 8.88. The lowest BCUT2D eigenvalue weighted by atomic mass is 9.88. The van der Waals surface area contributed by atoms with Gasteiger partial charge < -0.3 is 9.67 Å². The summed E-state index contributed by atoms with van der Waals surface area (Å²) < 4.78 is 2.14. The molecule has 0 radical (unpaired) electrons. The molecule has 0 amide bonds. The standard InChI is InChI=1S/C16H30N2O/c1-6-7-8-9-10-13(2)18-12-11-17-15(18)14(19)16(3,4)5/h11-14,19H,6-10H2,1-5H3. The number of hydrogen-bond acceptors (Lipinski definition) is 2. The molecule has 0 saturated heterocycles. The molecule has 0 aromatic carbocycles. The third kappa shape index (κ3) is 4.64. The molecule has 1 N–H and O–H groups in total. The minimum atomic E-state index is -0.513. The van der Waals surface area contributed by atoms with Gasteiger partial charge in [0.2, 0.25) is 0 Å². The van der Waals surface area contributed by atoms with E-state index in [0.29, 0.717) is 6.04 Å². The van der Waals surface area contributed by atoms with Gasteiger partial charge in [0.05, 0.1) is 0 Å². The van der Waals surface area contributed by atoms with Crippen molar-refractivity contribution in [3.05, 3.63) is 18.2 Å². The fourth-order valence-electron chi connectivity index (χ4n) is 2.30. The van der Waals surface area contributed by atoms with Gasteiger partial charge in [-0.25, -0.2) is 4.98 Å². The van der Waals surface area contributed by atoms with Crippen molar-refractivity contribution < 1.29 is 5.11 Å². The first-order valence-corrected chi connectivity index (χ1v) is 7.58. The summed E-state index contributed by atoms with van der Waals surface area (Å²) >= 11 is 0. The Kier molecular flexibility index (Phi) is 6.05. The predicted molar refractivity (Wildman–Crippen MR) is 80.1 cm³/mol. The van der Waals surface area contributed by atoms with Crippen LogP contribution in [-0.2, 0) is 0 Å². The summed E-state index contributed by atoms with van der Waals surface area (Å²) in [6.07, 6.45) is 9.56. The molecule has 3 heteroatoms. The zero-order chi connectivity index (χ0) is 14.5. The zero-order valence-electron chi connectivity index (χ0n) is 13.2. The van der Waals surface area contributed by atoms with E-state index in [0.717, 1.165) is 12.2 Å². The first kappa shape index (κ1) is 16.2. The maximum atomic E-state index is 10.4. The highest BCUT2D eigenvalue weighted by Crippen LogP contribution is 2.33. The van der Waals surface area contributed by atoms with Crippen LogP contribution >= 0.6 is 0 Å². The number of aromatic nitrogens is 2. The summed E-state index contributed by atoms with van der Waals surface area (Å²) in [4.78, 5) is 4.36. The van der Waals surface area contributed by atoms with Crippen LogP contribution in [0.15, 0.2) is 12.4 Å². The fourth-order valence-corrected chi connectivity index (χ4v) is 2.30. The highest BCUT2D eigenvalue weighted by atomic mass is 16.3. The number of rotatable bonds is 7. The Balaban J connectivity index is 2.66. The van der Waals surface area contributed by atoms with Crippen molar-refractivity contribution in [2.24, 2.45) is 5.41 Å². The van der Waals surface area contributed by atoms with Crippen molar-refractivity contribution in [2.45, 2.75) is 78.9 Å². The average Bonchev–Trinajstić information content (AvgIpc) is 2.81. The second-order valence-corrected chi connectivity index (χ2v) is 6.66. The van der Waals surface area contributed by atoms with Gasteiger partial charge in [-0.15, -0.1) is 0 Å². The summed E-state index contributed by atoms with van der Waals surface area (Å²) in [5.41, 5.74) is -0.176. The molecule has 2 unspecified atom stereocenters. The van der Waals surface area contributed by atoms with Crippen molar-refractivity contribution >= 4 is 0 Å². The molecule has 3 nitrogen and oxygen atoms in total. The molecule has 110 valence electrons. The fraction of sp³-hybridized carbons (Fsp3) is 0.812. The lowest BCUT2D eigenvalue weighted by Gasteiger charge is -2.27. The summed E-state index contributed by atoms with van der Waals surface area (Å²) in [5, 5.41) is 10.4. The van der Waals surface area contributed by atoms with E-state index in [1.807, 2.05) is 27.0 Å². The van der Waals surface area contributed by atoms with Crippen LogP contribution in [0.25, 0.3) is 0 Å². The first-order valence-electron chi connectivity index (χ1n) is 7.58. The monoisotopic (exact) mass is 266 g/mol. The van der Waals surface area contributed by atoms with Gasteiger partial charge in [0, 0.05) is 18.4 Å². The summed E-state index contributed by atoms with van der Waals surface area (Å²) in [5.74, 6) is 0.801. The van der Waals surface area contributed by atoms with Crippen LogP contribution in [0.1, 0.15) is 84.7 Å². The molecule has 0 aliphatic carbocycles. The Bertz CT molecular complexity index is 365. The van der Waals surface area contributed by atoms with E-state index in [1.165, 1.54) is 25.7 Å². The van der Waals surface area contributed by atoms with Gasteiger partial charge >= 0.3 is 0 Å². The normalized spacial score (nSPS) is 15.5. The number of unbranched alkanes of at least 4 members (excludes halogenated alkanes) is 3. The smallest absolute Gasteiger partial charge is 0.138 e. The van der Waals surface area contributed by atoms with Crippen molar-refractivity contribution in [2.75, 3.05) is 0 Å². The van der Waals surface area contributed by atoms with Gasteiger partial charge in [0.25, 0.3) is 0 Å². The largest absolute Gasteiger partial charge is 0.385 e. The molecule has 0 fully saturated rings. The molecule has 1 aromatic heterocycles. The van der Waals surface area contributed by atoms with Crippen LogP contribution in [0.4, 0.5) is 0 Å². The van der Waals surface area contributed by atoms with E-state index in [1.54, 1.807) is 6.20 Å². The maximum Gasteiger partial charge on any atom is 0.138 e. The van der Waals surface area contributed by atoms with Crippen LogP contribution in [0, 0.1) is 5.41 Å². The van der Waals surface area contributed by atoms with E-state index in [2.05, 4.69) is 23.4 Å². The van der Waals surface area contributed by atoms with Gasteiger partial charge in [0.1, 0.15) is 11.9 Å². The number of aliphatic hydroxyl groups excluding tert-OH is 1. The molecule has 1 aromatic rings. The molecule has 0 bridgehead atoms. The van der Waals surface area contributed by atoms with Gasteiger partial charge in [-0.3, -0.25) is 0 Å². The molecule has 0 aliphatic rings. The highest BCUT2D eigenvalue weighted by Gasteiger charge is 2.28. The molecule has 0 saturated carbocycles. The third-order valence-corrected chi connectivity index (χ3v) is 3.71. The van der Waals surface area contributed by atoms with Crippen LogP contribution in [0.3, 0.4) is 0 Å². The summed E-state index contributed by atoms with van der Waals surface area (Å²) in [7, 11) is 0. The Morgan fingerprint density at radius 3 is 2.53 bits per heavy atom. The minimum Gasteiger partial charge on any atom is -0.385 e. The second kappa shape index (κ2) is 7.09. The topological polar surface area (TPSA) is 38.0 Å². The lowest BCUT2D eigenvalue weighted by Crippen LogP contribution is -2.23. The Hall–Kier alpha value is -0.830. The van der Waals surface area contributed by atoms with Gasteiger partial charge in [0.15, 0.2) is 0 Å². The van der Waals surface area contributed by atoms with Crippen molar-refractivity contribution in [3.63, 3.8) is 0 Å². The molecule has 19 heavy (non-hydrogen) atoms. The quantitative estimate of drug-likeness (QED) is 0.738. The van der Waals surface area contributed by atoms with E-state index in [-0.39, 0.29) is 5.41 Å². The van der Waals surface area contributed by atoms with Crippen LogP contribution in [-0.4, -0.2) is 14.7 Å². The lowest BCUT2D eigenvalue weighted by molar-refractivity contribution is 0.0503. The van der Waals surface area contributed by atoms with Crippen LogP contribution < -0.4 is 0 Å². The van der Waals surface area contributed by atoms with Gasteiger partial charge in [-0.1, -0.05) is 53.4 Å². The van der Waals surface area contributed by atoms with E-state index < -0.39 is 6.10 Å². The highest BCUT2D eigenvalue weighted by molar-refractivity contribution is 5.02. The third-order valence-electron chi connectivity index (χ3n) is 3.71. The van der Waals surface area contributed by atoms with Crippen LogP contribution in [0.5, 0.6) is 0 Å². The van der Waals surface area contributed by atoms with E-state index >= 15 is 0 Å². The molecular weight excluding hydrogens is 236 g/mol. The average molecular weight is 266 g/mol. The second-order valence-electron chi connectivity index (χ2n) is 6.66. The van der Waals surface area contributed by atoms with E-state index in [9.17, 15) is 5.11 Å². The summed E-state index contributed by atoms with van der Waals surface area (Å²) in [6.45, 7) is 10.6. The van der Waals surface area contributed by atoms with E-state index in [4.69, 9.17) is 0 Å². The Morgan fingerprint density at radius 1 is 1.26 bits per heavy atom. The number of hydrogen-bond donors (Lipinski definition) is 1. The minimum absolute atomic E-state index is 0.176. The molecule has 2 atom stereocenters. The predicted octanol–water partition coefficient (Wildman–Crippen LogP) is 4.49. The molecular formula is C16H30N2O.